The lowest BCUT2D eigenvalue weighted by molar-refractivity contribution is 0.00665. The average molecular weight is 303 g/mol. The number of ether oxygens (including phenoxy) is 1. The van der Waals surface area contributed by atoms with Gasteiger partial charge in [0.2, 0.25) is 0 Å². The molecule has 0 aromatic heterocycles. The summed E-state index contributed by atoms with van der Waals surface area (Å²) in [4.78, 5) is 14.8. The number of hydrogen-bond acceptors (Lipinski definition) is 4. The third kappa shape index (κ3) is 3.78. The molecule has 1 aromatic carbocycles. The summed E-state index contributed by atoms with van der Waals surface area (Å²) in [5.41, 5.74) is 7.02. The highest BCUT2D eigenvalue weighted by Crippen LogP contribution is 2.24. The van der Waals surface area contributed by atoms with Gasteiger partial charge in [0.1, 0.15) is 0 Å². The standard InChI is InChI=1S/C17H25N3O2/c18-14-3-1-13(2-4-14)17(21)19-15-5-7-16(8-6-15)20-9-11-22-12-10-20/h1-4,15-16H,5-12,18H2,(H,19,21). The molecule has 22 heavy (non-hydrogen) atoms. The molecule has 3 N–H and O–H groups in total. The molecule has 1 aliphatic heterocycles. The third-order valence-corrected chi connectivity index (χ3v) is 4.77. The molecule has 0 radical (unpaired) electrons. The quantitative estimate of drug-likeness (QED) is 0.833. The zero-order valence-corrected chi connectivity index (χ0v) is 13.0. The van der Waals surface area contributed by atoms with E-state index in [9.17, 15) is 4.79 Å². The van der Waals surface area contributed by atoms with Crippen LogP contribution in [0.3, 0.4) is 0 Å². The highest BCUT2D eigenvalue weighted by Gasteiger charge is 2.27. The summed E-state index contributed by atoms with van der Waals surface area (Å²) in [5, 5.41) is 3.16. The van der Waals surface area contributed by atoms with Gasteiger partial charge >= 0.3 is 0 Å². The van der Waals surface area contributed by atoms with Crippen LogP contribution < -0.4 is 11.1 Å². The molecule has 0 atom stereocenters. The van der Waals surface area contributed by atoms with Crippen LogP contribution in [-0.2, 0) is 4.74 Å². The molecule has 1 amide bonds. The van der Waals surface area contributed by atoms with Gasteiger partial charge in [-0.05, 0) is 49.9 Å². The van der Waals surface area contributed by atoms with Gasteiger partial charge in [-0.1, -0.05) is 0 Å². The maximum absolute atomic E-state index is 12.2. The minimum absolute atomic E-state index is 0.00909. The van der Waals surface area contributed by atoms with Crippen molar-refractivity contribution in [2.45, 2.75) is 37.8 Å². The number of rotatable bonds is 3. The van der Waals surface area contributed by atoms with Crippen molar-refractivity contribution in [3.63, 3.8) is 0 Å². The van der Waals surface area contributed by atoms with Crippen molar-refractivity contribution in [1.82, 2.24) is 10.2 Å². The predicted molar refractivity (Wildman–Crippen MR) is 86.8 cm³/mol. The Kier molecular flexibility index (Phi) is 4.95. The second kappa shape index (κ2) is 7.11. The molecule has 0 unspecified atom stereocenters. The molecule has 0 bridgehead atoms. The van der Waals surface area contributed by atoms with Gasteiger partial charge in [0, 0.05) is 36.4 Å². The van der Waals surface area contributed by atoms with Crippen LogP contribution in [0, 0.1) is 0 Å². The fourth-order valence-electron chi connectivity index (χ4n) is 3.43. The average Bonchev–Trinajstić information content (AvgIpc) is 2.57. The van der Waals surface area contributed by atoms with Crippen LogP contribution in [0.2, 0.25) is 0 Å². The number of nitrogen functional groups attached to an aromatic ring is 1. The Morgan fingerprint density at radius 1 is 1.09 bits per heavy atom. The minimum atomic E-state index is 0.00909. The molecule has 1 heterocycles. The molecule has 0 spiro atoms. The minimum Gasteiger partial charge on any atom is -0.399 e. The van der Waals surface area contributed by atoms with Crippen molar-refractivity contribution in [3.05, 3.63) is 29.8 Å². The van der Waals surface area contributed by atoms with Crippen molar-refractivity contribution >= 4 is 11.6 Å². The molecule has 3 rings (SSSR count). The van der Waals surface area contributed by atoms with E-state index in [0.717, 1.165) is 52.0 Å². The Bertz CT molecular complexity index is 489. The Labute approximate surface area is 131 Å². The molecule has 1 saturated heterocycles. The Morgan fingerprint density at radius 2 is 1.73 bits per heavy atom. The number of morpholine rings is 1. The highest BCUT2D eigenvalue weighted by molar-refractivity contribution is 5.94. The second-order valence-corrected chi connectivity index (χ2v) is 6.25. The maximum Gasteiger partial charge on any atom is 0.251 e. The number of nitrogens with one attached hydrogen (secondary N) is 1. The normalized spacial score (nSPS) is 26.5. The molecule has 5 heteroatoms. The summed E-state index contributed by atoms with van der Waals surface area (Å²) < 4.78 is 5.41. The number of hydrogen-bond donors (Lipinski definition) is 2. The summed E-state index contributed by atoms with van der Waals surface area (Å²) in [5.74, 6) is 0.00909. The molecular formula is C17H25N3O2. The first-order valence-corrected chi connectivity index (χ1v) is 8.20. The van der Waals surface area contributed by atoms with Crippen LogP contribution in [0.5, 0.6) is 0 Å². The molecule has 1 aliphatic carbocycles. The van der Waals surface area contributed by atoms with Crippen LogP contribution in [0.25, 0.3) is 0 Å². The first-order valence-electron chi connectivity index (χ1n) is 8.20. The predicted octanol–water partition coefficient (Wildman–Crippen LogP) is 1.64. The number of benzene rings is 1. The summed E-state index contributed by atoms with van der Waals surface area (Å²) in [6, 6.07) is 8.05. The smallest absolute Gasteiger partial charge is 0.251 e. The van der Waals surface area contributed by atoms with Crippen molar-refractivity contribution in [2.24, 2.45) is 0 Å². The Morgan fingerprint density at radius 3 is 2.36 bits per heavy atom. The van der Waals surface area contributed by atoms with Gasteiger partial charge in [-0.2, -0.15) is 0 Å². The van der Waals surface area contributed by atoms with Crippen molar-refractivity contribution in [3.8, 4) is 0 Å². The number of carbonyl (C=O) groups is 1. The fourth-order valence-corrected chi connectivity index (χ4v) is 3.43. The van der Waals surface area contributed by atoms with E-state index < -0.39 is 0 Å². The monoisotopic (exact) mass is 303 g/mol. The van der Waals surface area contributed by atoms with E-state index in [-0.39, 0.29) is 5.91 Å². The second-order valence-electron chi connectivity index (χ2n) is 6.25. The van der Waals surface area contributed by atoms with Crippen molar-refractivity contribution in [2.75, 3.05) is 32.0 Å². The summed E-state index contributed by atoms with van der Waals surface area (Å²) in [6.07, 6.45) is 4.44. The van der Waals surface area contributed by atoms with E-state index in [1.807, 2.05) is 0 Å². The number of anilines is 1. The Hall–Kier alpha value is -1.59. The molecule has 2 aliphatic rings. The van der Waals surface area contributed by atoms with Gasteiger partial charge < -0.3 is 15.8 Å². The molecular weight excluding hydrogens is 278 g/mol. The van der Waals surface area contributed by atoms with Crippen molar-refractivity contribution < 1.29 is 9.53 Å². The van der Waals surface area contributed by atoms with Gasteiger partial charge in [-0.25, -0.2) is 0 Å². The Balaban J connectivity index is 1.47. The zero-order valence-electron chi connectivity index (χ0n) is 13.0. The van der Waals surface area contributed by atoms with Gasteiger partial charge in [0.25, 0.3) is 5.91 Å². The van der Waals surface area contributed by atoms with E-state index in [2.05, 4.69) is 10.2 Å². The number of amides is 1. The SMILES string of the molecule is Nc1ccc(C(=O)NC2CCC(N3CCOCC3)CC2)cc1. The van der Waals surface area contributed by atoms with Gasteiger partial charge in [-0.15, -0.1) is 0 Å². The van der Waals surface area contributed by atoms with Crippen LogP contribution in [0.15, 0.2) is 24.3 Å². The highest BCUT2D eigenvalue weighted by atomic mass is 16.5. The first kappa shape index (κ1) is 15.3. The van der Waals surface area contributed by atoms with E-state index in [1.54, 1.807) is 24.3 Å². The molecule has 1 aromatic rings. The molecule has 2 fully saturated rings. The number of nitrogens with two attached hydrogens (primary N) is 1. The van der Waals surface area contributed by atoms with Gasteiger partial charge in [0.15, 0.2) is 0 Å². The largest absolute Gasteiger partial charge is 0.399 e. The molecule has 1 saturated carbocycles. The molecule has 5 nitrogen and oxygen atoms in total. The molecule has 120 valence electrons. The number of nitrogens with zero attached hydrogens (tertiary/aromatic N) is 1. The topological polar surface area (TPSA) is 67.6 Å². The van der Waals surface area contributed by atoms with Gasteiger partial charge in [-0.3, -0.25) is 9.69 Å². The van der Waals surface area contributed by atoms with Crippen LogP contribution in [-0.4, -0.2) is 49.2 Å². The summed E-state index contributed by atoms with van der Waals surface area (Å²) in [7, 11) is 0. The van der Waals surface area contributed by atoms with Crippen LogP contribution in [0.1, 0.15) is 36.0 Å². The van der Waals surface area contributed by atoms with Crippen LogP contribution in [0.4, 0.5) is 5.69 Å². The van der Waals surface area contributed by atoms with E-state index in [1.165, 1.54) is 0 Å². The third-order valence-electron chi connectivity index (χ3n) is 4.77. The lowest BCUT2D eigenvalue weighted by Crippen LogP contribution is -2.47. The van der Waals surface area contributed by atoms with E-state index in [0.29, 0.717) is 23.3 Å². The summed E-state index contributed by atoms with van der Waals surface area (Å²) >= 11 is 0. The zero-order chi connectivity index (χ0) is 15.4. The van der Waals surface area contributed by atoms with Gasteiger partial charge in [0.05, 0.1) is 13.2 Å². The van der Waals surface area contributed by atoms with E-state index >= 15 is 0 Å². The van der Waals surface area contributed by atoms with E-state index in [4.69, 9.17) is 10.5 Å². The van der Waals surface area contributed by atoms with Crippen LogP contribution >= 0.6 is 0 Å². The first-order chi connectivity index (χ1) is 10.7. The van der Waals surface area contributed by atoms with Crippen molar-refractivity contribution in [1.29, 1.82) is 0 Å². The fraction of sp³-hybridized carbons (Fsp3) is 0.588. The number of carbonyl (C=O) groups excluding carboxylic acids is 1. The summed E-state index contributed by atoms with van der Waals surface area (Å²) in [6.45, 7) is 3.81. The lowest BCUT2D eigenvalue weighted by Gasteiger charge is -2.38. The lowest BCUT2D eigenvalue weighted by atomic mass is 9.89. The maximum atomic E-state index is 12.2.